The predicted molar refractivity (Wildman–Crippen MR) is 145 cm³/mol. The van der Waals surface area contributed by atoms with Crippen LogP contribution in [0.5, 0.6) is 0 Å². The Morgan fingerprint density at radius 3 is 1.38 bits per heavy atom. The van der Waals surface area contributed by atoms with Gasteiger partial charge in [0.25, 0.3) is 0 Å². The normalized spacial score (nSPS) is 10.1. The lowest BCUT2D eigenvalue weighted by Gasteiger charge is -2.05. The van der Waals surface area contributed by atoms with Crippen molar-refractivity contribution in [3.63, 3.8) is 0 Å². The Hall–Kier alpha value is -3.04. The number of aldehydes is 1. The van der Waals surface area contributed by atoms with Crippen molar-refractivity contribution in [2.75, 3.05) is 21.1 Å². The van der Waals surface area contributed by atoms with E-state index in [9.17, 15) is 4.39 Å². The Morgan fingerprint density at radius 1 is 0.750 bits per heavy atom. The van der Waals surface area contributed by atoms with E-state index in [1.54, 1.807) is 12.2 Å². The highest BCUT2D eigenvalue weighted by Crippen LogP contribution is 2.22. The molecule has 0 saturated carbocycles. The fourth-order valence-corrected chi connectivity index (χ4v) is 1.37. The molecule has 0 saturated heterocycles. The first kappa shape index (κ1) is 36.3. The van der Waals surface area contributed by atoms with Crippen LogP contribution in [0.25, 0.3) is 0 Å². The lowest BCUT2D eigenvalue weighted by molar-refractivity contribution is -0.106. The molecule has 0 aromatic heterocycles. The highest BCUT2D eigenvalue weighted by atomic mass is 19.1. The van der Waals surface area contributed by atoms with Crippen LogP contribution >= 0.6 is 0 Å². The van der Waals surface area contributed by atoms with E-state index in [1.165, 1.54) is 13.0 Å². The summed E-state index contributed by atoms with van der Waals surface area (Å²) in [4.78, 5) is 10.8. The molecule has 0 unspecified atom stereocenters. The molecule has 0 atom stereocenters. The van der Waals surface area contributed by atoms with Gasteiger partial charge in [-0.05, 0) is 63.7 Å². The molecule has 178 valence electrons. The van der Waals surface area contributed by atoms with Crippen LogP contribution in [0.1, 0.15) is 33.6 Å². The molecule has 0 spiro atoms. The van der Waals surface area contributed by atoms with Crippen molar-refractivity contribution in [2.24, 2.45) is 0 Å². The summed E-state index contributed by atoms with van der Waals surface area (Å²) < 4.78 is 14.2. The number of carbonyl (C=O) groups is 1. The number of carbonyl (C=O) groups excluding carboxylic acids is 1. The van der Waals surface area contributed by atoms with Gasteiger partial charge < -0.3 is 9.69 Å². The minimum Gasteiger partial charge on any atom is -0.312 e. The molecule has 0 aliphatic heterocycles. The average molecular weight is 442 g/mol. The number of nitrogens with zero attached hydrogens (tertiary/aromatic N) is 1. The zero-order chi connectivity index (χ0) is 26.3. The van der Waals surface area contributed by atoms with Crippen LogP contribution in [0.2, 0.25) is 0 Å². The van der Waals surface area contributed by atoms with Crippen LogP contribution < -0.4 is 0 Å². The Kier molecular flexibility index (Phi) is 27.5. The van der Waals surface area contributed by atoms with E-state index in [-0.39, 0.29) is 5.57 Å². The van der Waals surface area contributed by atoms with Gasteiger partial charge in [-0.15, -0.1) is 13.2 Å². The number of rotatable bonds is 10. The zero-order valence-electron chi connectivity index (χ0n) is 21.3. The maximum absolute atomic E-state index is 14.2. The van der Waals surface area contributed by atoms with Gasteiger partial charge in [0, 0.05) is 5.57 Å². The van der Waals surface area contributed by atoms with E-state index in [4.69, 9.17) is 4.79 Å². The number of halogens is 1. The van der Waals surface area contributed by atoms with E-state index in [1.807, 2.05) is 52.0 Å². The molecule has 0 aromatic rings. The maximum atomic E-state index is 14.2. The van der Waals surface area contributed by atoms with Gasteiger partial charge in [-0.2, -0.15) is 0 Å². The van der Waals surface area contributed by atoms with Crippen molar-refractivity contribution >= 4 is 6.29 Å². The summed E-state index contributed by atoms with van der Waals surface area (Å²) >= 11 is 0. The Morgan fingerprint density at radius 2 is 1.06 bits per heavy atom. The molecule has 32 heavy (non-hydrogen) atoms. The smallest absolute Gasteiger partial charge is 0.131 e. The molecular weight excluding hydrogens is 397 g/mol. The first-order chi connectivity index (χ1) is 14.9. The van der Waals surface area contributed by atoms with Crippen molar-refractivity contribution in [2.45, 2.75) is 33.6 Å². The topological polar surface area (TPSA) is 20.3 Å². The third-order valence-electron chi connectivity index (χ3n) is 3.34. The van der Waals surface area contributed by atoms with E-state index in [2.05, 4.69) is 52.6 Å². The molecule has 2 nitrogen and oxygen atoms in total. The van der Waals surface area contributed by atoms with Gasteiger partial charge in [0.2, 0.25) is 0 Å². The lowest BCUT2D eigenvalue weighted by atomic mass is 10.0. The average Bonchev–Trinajstić information content (AvgIpc) is 2.75. The van der Waals surface area contributed by atoms with Crippen LogP contribution in [0.3, 0.4) is 0 Å². The molecule has 3 heteroatoms. The third-order valence-corrected chi connectivity index (χ3v) is 3.34. The first-order valence-electron chi connectivity index (χ1n) is 10.2. The Bertz CT molecular complexity index is 728. The summed E-state index contributed by atoms with van der Waals surface area (Å²) in [6, 6.07) is 0. The molecule has 0 amide bonds. The van der Waals surface area contributed by atoms with E-state index in [0.29, 0.717) is 16.7 Å². The fourth-order valence-electron chi connectivity index (χ4n) is 1.37. The minimum absolute atomic E-state index is 0.223. The SMILES string of the molecule is C=C.C=C(/C=C\C(=C)C(=C)/C=C(/F)C(=C)C(=C)/C=C\C(=C)CC)CC.CC=O.CN(C)C. The molecule has 0 rings (SSSR count). The van der Waals surface area contributed by atoms with E-state index < -0.39 is 5.83 Å². The minimum atomic E-state index is -0.476. The molecule has 0 aliphatic rings. The number of allylic oxidation sites excluding steroid dienone is 12. The van der Waals surface area contributed by atoms with Crippen LogP contribution in [0, 0.1) is 0 Å². The van der Waals surface area contributed by atoms with Crippen molar-refractivity contribution in [1.29, 1.82) is 0 Å². The van der Waals surface area contributed by atoms with E-state index >= 15 is 0 Å². The second-order valence-corrected chi connectivity index (χ2v) is 6.81. The fraction of sp³-hybridized carbons (Fsp3) is 0.276. The molecule has 0 heterocycles. The van der Waals surface area contributed by atoms with Crippen molar-refractivity contribution < 1.29 is 9.18 Å². The van der Waals surface area contributed by atoms with Gasteiger partial charge in [0.05, 0.1) is 0 Å². The second-order valence-electron chi connectivity index (χ2n) is 6.81. The maximum Gasteiger partial charge on any atom is 0.131 e. The highest BCUT2D eigenvalue weighted by molar-refractivity contribution is 5.52. The zero-order valence-corrected chi connectivity index (χ0v) is 21.3. The summed E-state index contributed by atoms with van der Waals surface area (Å²) in [6.07, 6.45) is 10.9. The van der Waals surface area contributed by atoms with Crippen LogP contribution in [-0.2, 0) is 4.79 Å². The standard InChI is InChI=1S/C22H27F.C3H9N.C2H4O.C2H4/c1-9-16(3)11-13-18(5)20(7)15-22(23)21(8)19(6)14-12-17(4)10-2;1-4(2)3;1-2-3;1-2/h11-15H,3-10H2,1-2H3;1-3H3;2H,1H3;1-2H2/b13-11-,14-12-,22-15+;;;. The summed E-state index contributed by atoms with van der Waals surface area (Å²) in [6.45, 7) is 34.4. The monoisotopic (exact) mass is 441 g/mol. The molecule has 0 fully saturated rings. The number of hydrogen-bond acceptors (Lipinski definition) is 2. The molecule has 0 radical (unpaired) electrons. The third kappa shape index (κ3) is 25.0. The van der Waals surface area contributed by atoms with Crippen LogP contribution in [0.4, 0.5) is 4.39 Å². The lowest BCUT2D eigenvalue weighted by Crippen LogP contribution is -1.99. The van der Waals surface area contributed by atoms with Gasteiger partial charge in [-0.25, -0.2) is 4.39 Å². The Labute approximate surface area is 197 Å². The van der Waals surface area contributed by atoms with E-state index in [0.717, 1.165) is 30.3 Å². The van der Waals surface area contributed by atoms with Gasteiger partial charge in [0.1, 0.15) is 12.1 Å². The number of hydrogen-bond donors (Lipinski definition) is 0. The highest BCUT2D eigenvalue weighted by Gasteiger charge is 2.05. The summed E-state index contributed by atoms with van der Waals surface area (Å²) in [7, 11) is 6.00. The largest absolute Gasteiger partial charge is 0.312 e. The molecule has 0 aromatic carbocycles. The van der Waals surface area contributed by atoms with Gasteiger partial charge >= 0.3 is 0 Å². The predicted octanol–water partition coefficient (Wildman–Crippen LogP) is 8.29. The molecule has 0 aliphatic carbocycles. The summed E-state index contributed by atoms with van der Waals surface area (Å²) in [5.41, 5.74) is 3.76. The first-order valence-corrected chi connectivity index (χ1v) is 10.2. The molecule has 0 bridgehead atoms. The van der Waals surface area contributed by atoms with Crippen LogP contribution in [-0.4, -0.2) is 32.3 Å². The molecular formula is C29H44FNO. The second kappa shape index (κ2) is 24.2. The van der Waals surface area contributed by atoms with Gasteiger partial charge in [0.15, 0.2) is 0 Å². The van der Waals surface area contributed by atoms with Crippen molar-refractivity contribution in [1.82, 2.24) is 4.90 Å². The van der Waals surface area contributed by atoms with Crippen molar-refractivity contribution in [3.8, 4) is 0 Å². The summed E-state index contributed by atoms with van der Waals surface area (Å²) in [5, 5.41) is 0. The quantitative estimate of drug-likeness (QED) is 0.193. The Balaban J connectivity index is -0.000000372. The van der Waals surface area contributed by atoms with Crippen molar-refractivity contribution in [3.05, 3.63) is 122 Å². The summed E-state index contributed by atoms with van der Waals surface area (Å²) in [5.74, 6) is -0.476. The van der Waals surface area contributed by atoms with Crippen LogP contribution in [0.15, 0.2) is 122 Å². The van der Waals surface area contributed by atoms with Gasteiger partial charge in [-0.3, -0.25) is 0 Å². The van der Waals surface area contributed by atoms with Gasteiger partial charge in [-0.1, -0.05) is 88.8 Å². The molecule has 0 N–H and O–H groups in total.